The third kappa shape index (κ3) is 1.88. The molecular weight excluding hydrogens is 212 g/mol. The maximum Gasteiger partial charge on any atom is 0.335 e. The predicted molar refractivity (Wildman–Crippen MR) is 55.3 cm³/mol. The van der Waals surface area contributed by atoms with Crippen LogP contribution in [0.3, 0.4) is 0 Å². The molecule has 1 aliphatic heterocycles. The number of aromatic carboxylic acids is 1. The zero-order valence-corrected chi connectivity index (χ0v) is 8.86. The molecule has 0 spiro atoms. The van der Waals surface area contributed by atoms with Crippen molar-refractivity contribution < 1.29 is 24.1 Å². The van der Waals surface area contributed by atoms with Crippen LogP contribution < -0.4 is 14.2 Å². The molecule has 5 nitrogen and oxygen atoms in total. The van der Waals surface area contributed by atoms with Gasteiger partial charge in [-0.3, -0.25) is 0 Å². The Kier molecular flexibility index (Phi) is 2.85. The summed E-state index contributed by atoms with van der Waals surface area (Å²) in [6, 6.07) is 2.88. The largest absolute Gasteiger partial charge is 0.490 e. The van der Waals surface area contributed by atoms with Crippen LogP contribution in [0, 0.1) is 0 Å². The van der Waals surface area contributed by atoms with Crippen molar-refractivity contribution in [1.29, 1.82) is 0 Å². The van der Waals surface area contributed by atoms with E-state index in [1.54, 1.807) is 0 Å². The molecule has 1 N–H and O–H groups in total. The Morgan fingerprint density at radius 3 is 3.00 bits per heavy atom. The molecule has 0 amide bonds. The van der Waals surface area contributed by atoms with Gasteiger partial charge in [0, 0.05) is 0 Å². The summed E-state index contributed by atoms with van der Waals surface area (Å²) in [5.74, 6) is 0.318. The Balaban J connectivity index is 2.37. The molecule has 1 aliphatic rings. The van der Waals surface area contributed by atoms with Crippen LogP contribution in [-0.4, -0.2) is 24.5 Å². The molecule has 0 saturated carbocycles. The summed E-state index contributed by atoms with van der Waals surface area (Å²) >= 11 is 0. The summed E-state index contributed by atoms with van der Waals surface area (Å²) in [7, 11) is 0. The molecule has 0 saturated heterocycles. The standard InChI is InChI=1S/C11H12O5/c1-2-3-14-8-4-7(11(12)13)5-9-10(8)16-6-15-9/h4-5H,2-3,6H2,1H3,(H,12,13). The Morgan fingerprint density at radius 2 is 2.31 bits per heavy atom. The van der Waals surface area contributed by atoms with E-state index in [1.165, 1.54) is 12.1 Å². The molecule has 0 unspecified atom stereocenters. The van der Waals surface area contributed by atoms with Crippen molar-refractivity contribution in [2.75, 3.05) is 13.4 Å². The number of benzene rings is 1. The summed E-state index contributed by atoms with van der Waals surface area (Å²) in [5.41, 5.74) is 0.135. The molecule has 0 aromatic heterocycles. The Bertz CT molecular complexity index is 413. The smallest absolute Gasteiger partial charge is 0.335 e. The van der Waals surface area contributed by atoms with Crippen LogP contribution in [-0.2, 0) is 0 Å². The van der Waals surface area contributed by atoms with E-state index in [-0.39, 0.29) is 12.4 Å². The Labute approximate surface area is 92.5 Å². The summed E-state index contributed by atoms with van der Waals surface area (Å²) in [4.78, 5) is 10.9. The molecule has 1 aromatic rings. The highest BCUT2D eigenvalue weighted by Crippen LogP contribution is 2.42. The van der Waals surface area contributed by atoms with Gasteiger partial charge in [-0.15, -0.1) is 0 Å². The fourth-order valence-electron chi connectivity index (χ4n) is 1.42. The molecule has 0 bridgehead atoms. The number of hydrogen-bond acceptors (Lipinski definition) is 4. The fourth-order valence-corrected chi connectivity index (χ4v) is 1.42. The van der Waals surface area contributed by atoms with Gasteiger partial charge >= 0.3 is 5.97 Å². The van der Waals surface area contributed by atoms with Crippen LogP contribution in [0.5, 0.6) is 17.2 Å². The second-order valence-electron chi connectivity index (χ2n) is 3.36. The molecule has 16 heavy (non-hydrogen) atoms. The average Bonchev–Trinajstić information content (AvgIpc) is 2.73. The molecule has 5 heteroatoms. The molecule has 0 fully saturated rings. The zero-order valence-electron chi connectivity index (χ0n) is 8.86. The number of rotatable bonds is 4. The first-order valence-corrected chi connectivity index (χ1v) is 5.02. The van der Waals surface area contributed by atoms with Gasteiger partial charge in [0.05, 0.1) is 12.2 Å². The molecular formula is C11H12O5. The van der Waals surface area contributed by atoms with Crippen molar-refractivity contribution in [2.24, 2.45) is 0 Å². The third-order valence-corrected chi connectivity index (χ3v) is 2.15. The van der Waals surface area contributed by atoms with Crippen molar-refractivity contribution >= 4 is 5.97 Å². The highest BCUT2D eigenvalue weighted by Gasteiger charge is 2.22. The summed E-state index contributed by atoms with van der Waals surface area (Å²) in [6.07, 6.45) is 0.840. The van der Waals surface area contributed by atoms with Crippen molar-refractivity contribution in [3.8, 4) is 17.2 Å². The minimum atomic E-state index is -1.01. The van der Waals surface area contributed by atoms with Crippen LogP contribution >= 0.6 is 0 Å². The van der Waals surface area contributed by atoms with E-state index in [4.69, 9.17) is 19.3 Å². The molecule has 1 aromatic carbocycles. The maximum atomic E-state index is 10.9. The van der Waals surface area contributed by atoms with E-state index in [9.17, 15) is 4.79 Å². The quantitative estimate of drug-likeness (QED) is 0.846. The molecule has 1 heterocycles. The van der Waals surface area contributed by atoms with Gasteiger partial charge in [0.1, 0.15) is 0 Å². The Morgan fingerprint density at radius 1 is 1.50 bits per heavy atom. The molecule has 86 valence electrons. The average molecular weight is 224 g/mol. The van der Waals surface area contributed by atoms with E-state index in [0.717, 1.165) is 6.42 Å². The zero-order chi connectivity index (χ0) is 11.5. The lowest BCUT2D eigenvalue weighted by Crippen LogP contribution is -2.00. The first-order valence-electron chi connectivity index (χ1n) is 5.02. The second-order valence-corrected chi connectivity index (χ2v) is 3.36. The van der Waals surface area contributed by atoms with Crippen LogP contribution in [0.25, 0.3) is 0 Å². The number of ether oxygens (including phenoxy) is 3. The van der Waals surface area contributed by atoms with Crippen molar-refractivity contribution in [2.45, 2.75) is 13.3 Å². The highest BCUT2D eigenvalue weighted by atomic mass is 16.7. The molecule has 0 radical (unpaired) electrons. The minimum Gasteiger partial charge on any atom is -0.490 e. The SMILES string of the molecule is CCCOc1cc(C(=O)O)cc2c1OCO2. The minimum absolute atomic E-state index is 0.0981. The normalized spacial score (nSPS) is 12.6. The van der Waals surface area contributed by atoms with E-state index >= 15 is 0 Å². The van der Waals surface area contributed by atoms with Gasteiger partial charge in [0.25, 0.3) is 0 Å². The maximum absolute atomic E-state index is 10.9. The number of carbonyl (C=O) groups is 1. The van der Waals surface area contributed by atoms with Crippen molar-refractivity contribution in [3.63, 3.8) is 0 Å². The van der Waals surface area contributed by atoms with Crippen LogP contribution in [0.2, 0.25) is 0 Å². The topological polar surface area (TPSA) is 65.0 Å². The number of carboxylic acid groups (broad SMARTS) is 1. The van der Waals surface area contributed by atoms with Crippen LogP contribution in [0.1, 0.15) is 23.7 Å². The number of fused-ring (bicyclic) bond motifs is 1. The monoisotopic (exact) mass is 224 g/mol. The molecule has 2 rings (SSSR count). The predicted octanol–water partition coefficient (Wildman–Crippen LogP) is 1.90. The highest BCUT2D eigenvalue weighted by molar-refractivity contribution is 5.89. The van der Waals surface area contributed by atoms with Crippen molar-refractivity contribution in [1.82, 2.24) is 0 Å². The first kappa shape index (κ1) is 10.6. The number of carboxylic acids is 1. The lowest BCUT2D eigenvalue weighted by atomic mass is 10.2. The first-order chi connectivity index (χ1) is 7.72. The number of hydrogen-bond donors (Lipinski definition) is 1. The van der Waals surface area contributed by atoms with Gasteiger partial charge in [0.2, 0.25) is 12.5 Å². The second kappa shape index (κ2) is 4.30. The van der Waals surface area contributed by atoms with Gasteiger partial charge < -0.3 is 19.3 Å². The molecule has 0 aliphatic carbocycles. The summed E-state index contributed by atoms with van der Waals surface area (Å²) in [5, 5.41) is 8.91. The third-order valence-electron chi connectivity index (χ3n) is 2.15. The van der Waals surface area contributed by atoms with Crippen molar-refractivity contribution in [3.05, 3.63) is 17.7 Å². The van der Waals surface area contributed by atoms with Gasteiger partial charge in [0.15, 0.2) is 11.5 Å². The Hall–Kier alpha value is -1.91. The molecule has 0 atom stereocenters. The lowest BCUT2D eigenvalue weighted by molar-refractivity contribution is 0.0696. The van der Waals surface area contributed by atoms with Gasteiger partial charge in [-0.2, -0.15) is 0 Å². The van der Waals surface area contributed by atoms with Crippen LogP contribution in [0.4, 0.5) is 0 Å². The summed E-state index contributed by atoms with van der Waals surface area (Å²) in [6.45, 7) is 2.58. The van der Waals surface area contributed by atoms with Gasteiger partial charge in [-0.1, -0.05) is 6.92 Å². The van der Waals surface area contributed by atoms with E-state index in [2.05, 4.69) is 0 Å². The van der Waals surface area contributed by atoms with Gasteiger partial charge in [-0.05, 0) is 18.6 Å². The van der Waals surface area contributed by atoms with Crippen LogP contribution in [0.15, 0.2) is 12.1 Å². The summed E-state index contributed by atoms with van der Waals surface area (Å²) < 4.78 is 15.8. The fraction of sp³-hybridized carbons (Fsp3) is 0.364. The van der Waals surface area contributed by atoms with Gasteiger partial charge in [-0.25, -0.2) is 4.79 Å². The lowest BCUT2D eigenvalue weighted by Gasteiger charge is -2.08. The van der Waals surface area contributed by atoms with E-state index < -0.39 is 5.97 Å². The van der Waals surface area contributed by atoms with E-state index in [0.29, 0.717) is 23.9 Å². The van der Waals surface area contributed by atoms with E-state index in [1.807, 2.05) is 6.92 Å².